The van der Waals surface area contributed by atoms with E-state index in [1.807, 2.05) is 0 Å². The van der Waals surface area contributed by atoms with E-state index < -0.39 is 11.5 Å². The van der Waals surface area contributed by atoms with Gasteiger partial charge in [0.05, 0.1) is 26.0 Å². The van der Waals surface area contributed by atoms with E-state index in [4.69, 9.17) is 21.1 Å². The number of nitrogens with zero attached hydrogens (tertiary/aromatic N) is 5. The molecule has 174 valence electrons. The lowest BCUT2D eigenvalue weighted by Crippen LogP contribution is -2.49. The molecule has 0 aliphatic carbocycles. The predicted molar refractivity (Wildman–Crippen MR) is 123 cm³/mol. The van der Waals surface area contributed by atoms with Gasteiger partial charge in [-0.3, -0.25) is 9.36 Å². The molecule has 0 aromatic carbocycles. The number of anilines is 1. The summed E-state index contributed by atoms with van der Waals surface area (Å²) in [5.74, 6) is 0.699. The van der Waals surface area contributed by atoms with E-state index in [9.17, 15) is 9.59 Å². The first kappa shape index (κ1) is 23.1. The van der Waals surface area contributed by atoms with E-state index in [0.717, 1.165) is 25.9 Å². The van der Waals surface area contributed by atoms with Crippen LogP contribution in [0.1, 0.15) is 39.5 Å². The van der Waals surface area contributed by atoms with Gasteiger partial charge >= 0.3 is 11.9 Å². The Hall–Kier alpha value is -2.07. The molecule has 2 aromatic heterocycles. The van der Waals surface area contributed by atoms with Crippen molar-refractivity contribution in [2.24, 2.45) is 5.92 Å². The predicted octanol–water partition coefficient (Wildman–Crippen LogP) is 3.04. The van der Waals surface area contributed by atoms with E-state index >= 15 is 0 Å². The molecule has 2 fully saturated rings. The monoisotopic (exact) mass is 481 g/mol. The number of carbonyl (C=O) groups is 2. The smallest absolute Gasteiger partial charge is 0.333 e. The van der Waals surface area contributed by atoms with Gasteiger partial charge in [0.25, 0.3) is 0 Å². The third-order valence-corrected chi connectivity index (χ3v) is 7.55. The van der Waals surface area contributed by atoms with Gasteiger partial charge in [-0.05, 0) is 50.5 Å². The van der Waals surface area contributed by atoms with Crippen LogP contribution in [-0.2, 0) is 24.6 Å². The van der Waals surface area contributed by atoms with Gasteiger partial charge in [-0.1, -0.05) is 0 Å². The van der Waals surface area contributed by atoms with Crippen molar-refractivity contribution in [2.45, 2.75) is 45.1 Å². The van der Waals surface area contributed by atoms with Crippen LogP contribution in [0.5, 0.6) is 0 Å². The standard InChI is InChI=1S/C21H28ClN5O4S/c1-3-30-15(28)10-14-11-32-12-21(14,19(29)31-4-2)27-13-23-16-17(24-20(22)25-18(16)27)26-8-6-5-7-9-26/h13-14H,3-12H2,1-2H3/t14-,21+/m1/s1. The van der Waals surface area contributed by atoms with Crippen molar-refractivity contribution < 1.29 is 19.1 Å². The summed E-state index contributed by atoms with van der Waals surface area (Å²) in [5, 5.41) is 0.103. The molecule has 0 saturated carbocycles. The van der Waals surface area contributed by atoms with Gasteiger partial charge in [0.2, 0.25) is 5.28 Å². The zero-order valence-electron chi connectivity index (χ0n) is 18.4. The van der Waals surface area contributed by atoms with E-state index in [0.29, 0.717) is 35.1 Å². The number of thioether (sulfide) groups is 1. The number of esters is 2. The summed E-state index contributed by atoms with van der Waals surface area (Å²) < 4.78 is 12.4. The minimum Gasteiger partial charge on any atom is -0.466 e. The van der Waals surface area contributed by atoms with Crippen LogP contribution in [0.4, 0.5) is 5.82 Å². The second-order valence-corrected chi connectivity index (χ2v) is 9.38. The number of carbonyl (C=O) groups excluding carboxylic acids is 2. The van der Waals surface area contributed by atoms with Crippen molar-refractivity contribution in [3.05, 3.63) is 11.6 Å². The number of rotatable bonds is 7. The lowest BCUT2D eigenvalue weighted by atomic mass is 9.84. The molecule has 0 N–H and O–H groups in total. The molecular formula is C21H28ClN5O4S. The second kappa shape index (κ2) is 9.82. The third-order valence-electron chi connectivity index (χ3n) is 6.10. The van der Waals surface area contributed by atoms with Gasteiger partial charge in [0.15, 0.2) is 22.5 Å². The number of imidazole rings is 1. The molecule has 0 bridgehead atoms. The van der Waals surface area contributed by atoms with Crippen LogP contribution in [0.2, 0.25) is 5.28 Å². The summed E-state index contributed by atoms with van der Waals surface area (Å²) >= 11 is 7.94. The molecule has 9 nitrogen and oxygen atoms in total. The Balaban J connectivity index is 1.83. The maximum Gasteiger partial charge on any atom is 0.333 e. The highest BCUT2D eigenvalue weighted by molar-refractivity contribution is 7.99. The summed E-state index contributed by atoms with van der Waals surface area (Å²) in [7, 11) is 0. The van der Waals surface area contributed by atoms with Crippen LogP contribution in [0.15, 0.2) is 6.33 Å². The topological polar surface area (TPSA) is 99.4 Å². The Kier molecular flexibility index (Phi) is 7.09. The fourth-order valence-corrected chi connectivity index (χ4v) is 6.34. The van der Waals surface area contributed by atoms with Crippen molar-refractivity contribution in [3.63, 3.8) is 0 Å². The Labute approximate surface area is 196 Å². The zero-order valence-corrected chi connectivity index (χ0v) is 20.0. The SMILES string of the molecule is CCOC(=O)C[C@@H]1CSC[C@]1(C(=O)OCC)n1cnc2c(N3CCCCC3)nc(Cl)nc21. The third kappa shape index (κ3) is 4.14. The Morgan fingerprint density at radius 1 is 1.19 bits per heavy atom. The van der Waals surface area contributed by atoms with Crippen molar-refractivity contribution in [1.29, 1.82) is 0 Å². The molecule has 2 atom stereocenters. The van der Waals surface area contributed by atoms with Gasteiger partial charge in [-0.15, -0.1) is 0 Å². The van der Waals surface area contributed by atoms with Crippen LogP contribution in [0.3, 0.4) is 0 Å². The number of ether oxygens (including phenoxy) is 2. The van der Waals surface area contributed by atoms with E-state index in [2.05, 4.69) is 19.9 Å². The Morgan fingerprint density at radius 3 is 2.66 bits per heavy atom. The van der Waals surface area contributed by atoms with Crippen LogP contribution in [0, 0.1) is 5.92 Å². The lowest BCUT2D eigenvalue weighted by Gasteiger charge is -2.33. The fraction of sp³-hybridized carbons (Fsp3) is 0.667. The van der Waals surface area contributed by atoms with E-state index in [1.54, 1.807) is 36.5 Å². The maximum absolute atomic E-state index is 13.4. The van der Waals surface area contributed by atoms with Crippen molar-refractivity contribution in [3.8, 4) is 0 Å². The molecule has 0 spiro atoms. The van der Waals surface area contributed by atoms with Gasteiger partial charge in [0, 0.05) is 24.8 Å². The van der Waals surface area contributed by atoms with E-state index in [-0.39, 0.29) is 30.2 Å². The number of hydrogen-bond acceptors (Lipinski definition) is 9. The van der Waals surface area contributed by atoms with Crippen LogP contribution in [-0.4, -0.2) is 69.3 Å². The fourth-order valence-electron chi connectivity index (χ4n) is 4.59. The molecule has 4 heterocycles. The van der Waals surface area contributed by atoms with Crippen LogP contribution in [0.25, 0.3) is 11.2 Å². The largest absolute Gasteiger partial charge is 0.466 e. The average Bonchev–Trinajstić information content (AvgIpc) is 3.39. The second-order valence-electron chi connectivity index (χ2n) is 8.02. The number of halogens is 1. The number of aromatic nitrogens is 4. The molecule has 0 unspecified atom stereocenters. The first-order valence-electron chi connectivity index (χ1n) is 11.1. The highest BCUT2D eigenvalue weighted by Crippen LogP contribution is 2.45. The van der Waals surface area contributed by atoms with Gasteiger partial charge in [-0.25, -0.2) is 9.78 Å². The maximum atomic E-state index is 13.4. The molecule has 32 heavy (non-hydrogen) atoms. The first-order valence-corrected chi connectivity index (χ1v) is 12.6. The number of piperidine rings is 1. The van der Waals surface area contributed by atoms with Crippen molar-refractivity contribution in [1.82, 2.24) is 19.5 Å². The summed E-state index contributed by atoms with van der Waals surface area (Å²) in [5.41, 5.74) is -0.0410. The molecule has 0 radical (unpaired) electrons. The van der Waals surface area contributed by atoms with Crippen LogP contribution < -0.4 is 4.90 Å². The highest BCUT2D eigenvalue weighted by atomic mass is 35.5. The molecule has 2 saturated heterocycles. The lowest BCUT2D eigenvalue weighted by molar-refractivity contribution is -0.156. The molecule has 0 amide bonds. The van der Waals surface area contributed by atoms with Crippen LogP contribution >= 0.6 is 23.4 Å². The zero-order chi connectivity index (χ0) is 22.7. The van der Waals surface area contributed by atoms with Crippen molar-refractivity contribution >= 4 is 52.3 Å². The quantitative estimate of drug-likeness (QED) is 0.436. The molecular weight excluding hydrogens is 454 g/mol. The Morgan fingerprint density at radius 2 is 1.94 bits per heavy atom. The minimum absolute atomic E-state index is 0.103. The average molecular weight is 482 g/mol. The summed E-state index contributed by atoms with van der Waals surface area (Å²) in [6.45, 7) is 5.82. The number of hydrogen-bond donors (Lipinski definition) is 0. The van der Waals surface area contributed by atoms with Crippen molar-refractivity contribution in [2.75, 3.05) is 42.7 Å². The van der Waals surface area contributed by atoms with Gasteiger partial charge in [0.1, 0.15) is 0 Å². The summed E-state index contributed by atoms with van der Waals surface area (Å²) in [6.07, 6.45) is 5.07. The van der Waals surface area contributed by atoms with E-state index in [1.165, 1.54) is 6.42 Å². The molecule has 2 aromatic rings. The molecule has 2 aliphatic heterocycles. The molecule has 2 aliphatic rings. The Bertz CT molecular complexity index is 996. The minimum atomic E-state index is -1.13. The van der Waals surface area contributed by atoms with Gasteiger partial charge < -0.3 is 14.4 Å². The normalized spacial score (nSPS) is 23.5. The number of fused-ring (bicyclic) bond motifs is 1. The first-order chi connectivity index (χ1) is 15.5. The van der Waals surface area contributed by atoms with Gasteiger partial charge in [-0.2, -0.15) is 21.7 Å². The molecule has 11 heteroatoms. The highest BCUT2D eigenvalue weighted by Gasteiger charge is 2.54. The molecule has 4 rings (SSSR count). The summed E-state index contributed by atoms with van der Waals surface area (Å²) in [6, 6.07) is 0. The summed E-state index contributed by atoms with van der Waals surface area (Å²) in [4.78, 5) is 41.5.